The van der Waals surface area contributed by atoms with Crippen LogP contribution in [0, 0.1) is 0 Å². The number of likely N-dealkylation sites (N-methyl/N-ethyl adjacent to an activating group) is 1. The molecule has 0 bridgehead atoms. The summed E-state index contributed by atoms with van der Waals surface area (Å²) in [5.41, 5.74) is 0. The van der Waals surface area contributed by atoms with Crippen molar-refractivity contribution in [1.29, 1.82) is 0 Å². The highest BCUT2D eigenvalue weighted by Gasteiger charge is 2.23. The van der Waals surface area contributed by atoms with E-state index in [0.717, 1.165) is 38.3 Å². The fraction of sp³-hybridized carbons (Fsp3) is 0.667. The maximum atomic E-state index is 5.94. The molecular formula is C12H19ClN4. The van der Waals surface area contributed by atoms with Crippen LogP contribution in [0.15, 0.2) is 12.4 Å². The number of aromatic nitrogens is 2. The molecule has 1 aromatic rings. The highest BCUT2D eigenvalue weighted by Crippen LogP contribution is 2.21. The van der Waals surface area contributed by atoms with E-state index in [1.165, 1.54) is 0 Å². The minimum atomic E-state index is 0.508. The van der Waals surface area contributed by atoms with Gasteiger partial charge in [-0.1, -0.05) is 18.5 Å². The van der Waals surface area contributed by atoms with Crippen molar-refractivity contribution in [2.45, 2.75) is 25.8 Å². The first-order valence-electron chi connectivity index (χ1n) is 6.13. The van der Waals surface area contributed by atoms with Crippen molar-refractivity contribution in [3.05, 3.63) is 17.5 Å². The molecule has 1 atom stereocenters. The van der Waals surface area contributed by atoms with E-state index >= 15 is 0 Å². The summed E-state index contributed by atoms with van der Waals surface area (Å²) in [7, 11) is 2.18. The maximum absolute atomic E-state index is 5.94. The minimum Gasteiger partial charge on any atom is -0.352 e. The van der Waals surface area contributed by atoms with Gasteiger partial charge in [-0.25, -0.2) is 9.97 Å². The predicted molar refractivity (Wildman–Crippen MR) is 70.6 cm³/mol. The van der Waals surface area contributed by atoms with E-state index in [9.17, 15) is 0 Å². The van der Waals surface area contributed by atoms with Crippen LogP contribution in [0.2, 0.25) is 5.15 Å². The lowest BCUT2D eigenvalue weighted by molar-refractivity contribution is 0.327. The Morgan fingerprint density at radius 1 is 1.41 bits per heavy atom. The average molecular weight is 255 g/mol. The summed E-state index contributed by atoms with van der Waals surface area (Å²) in [4.78, 5) is 13.0. The van der Waals surface area contributed by atoms with Crippen molar-refractivity contribution in [3.8, 4) is 0 Å². The van der Waals surface area contributed by atoms with E-state index in [-0.39, 0.29) is 0 Å². The number of nitrogens with zero attached hydrogens (tertiary/aromatic N) is 4. The summed E-state index contributed by atoms with van der Waals surface area (Å²) >= 11 is 5.94. The quantitative estimate of drug-likeness (QED) is 0.757. The smallest absolute Gasteiger partial charge is 0.134 e. The molecule has 1 saturated heterocycles. The Morgan fingerprint density at radius 2 is 2.24 bits per heavy atom. The van der Waals surface area contributed by atoms with Crippen LogP contribution in [0.1, 0.15) is 19.8 Å². The maximum Gasteiger partial charge on any atom is 0.134 e. The molecule has 0 N–H and O–H groups in total. The van der Waals surface area contributed by atoms with Crippen LogP contribution in [0.3, 0.4) is 0 Å². The Balaban J connectivity index is 2.22. The van der Waals surface area contributed by atoms with E-state index in [4.69, 9.17) is 11.6 Å². The number of rotatable bonds is 2. The molecule has 2 rings (SSSR count). The molecule has 0 saturated carbocycles. The van der Waals surface area contributed by atoms with E-state index < -0.39 is 0 Å². The predicted octanol–water partition coefficient (Wildman–Crippen LogP) is 2.05. The number of hydrogen-bond donors (Lipinski definition) is 0. The zero-order chi connectivity index (χ0) is 12.3. The Morgan fingerprint density at radius 3 is 2.94 bits per heavy atom. The normalized spacial score (nSPS) is 22.5. The summed E-state index contributed by atoms with van der Waals surface area (Å²) in [5.74, 6) is 0.951. The first-order chi connectivity index (χ1) is 8.20. The first-order valence-corrected chi connectivity index (χ1v) is 6.51. The SMILES string of the molecule is CCC1CN(C)CCCN1c1cc(Cl)ncn1. The van der Waals surface area contributed by atoms with Gasteiger partial charge in [0.2, 0.25) is 0 Å². The molecular weight excluding hydrogens is 236 g/mol. The van der Waals surface area contributed by atoms with Gasteiger partial charge in [0.1, 0.15) is 17.3 Å². The molecule has 5 heteroatoms. The van der Waals surface area contributed by atoms with Crippen LogP contribution in [0.4, 0.5) is 5.82 Å². The molecule has 2 heterocycles. The lowest BCUT2D eigenvalue weighted by Crippen LogP contribution is -2.40. The zero-order valence-corrected chi connectivity index (χ0v) is 11.2. The molecule has 0 amide bonds. The van der Waals surface area contributed by atoms with E-state index in [1.807, 2.05) is 6.07 Å². The van der Waals surface area contributed by atoms with Gasteiger partial charge in [-0.2, -0.15) is 0 Å². The Labute approximate surface area is 108 Å². The van der Waals surface area contributed by atoms with Crippen molar-refractivity contribution >= 4 is 17.4 Å². The third-order valence-corrected chi connectivity index (χ3v) is 3.49. The molecule has 94 valence electrons. The second kappa shape index (κ2) is 5.65. The Hall–Kier alpha value is -0.870. The molecule has 17 heavy (non-hydrogen) atoms. The van der Waals surface area contributed by atoms with Crippen LogP contribution in [-0.4, -0.2) is 47.6 Å². The fourth-order valence-corrected chi connectivity index (χ4v) is 2.52. The second-order valence-corrected chi connectivity index (χ2v) is 4.96. The van der Waals surface area contributed by atoms with Gasteiger partial charge in [-0.05, 0) is 26.4 Å². The summed E-state index contributed by atoms with van der Waals surface area (Å²) in [6.07, 6.45) is 3.82. The van der Waals surface area contributed by atoms with Crippen molar-refractivity contribution in [2.24, 2.45) is 0 Å². The molecule has 1 fully saturated rings. The van der Waals surface area contributed by atoms with E-state index in [2.05, 4.69) is 33.7 Å². The minimum absolute atomic E-state index is 0.508. The lowest BCUT2D eigenvalue weighted by atomic mass is 10.2. The van der Waals surface area contributed by atoms with Gasteiger partial charge in [-0.3, -0.25) is 0 Å². The van der Waals surface area contributed by atoms with Crippen LogP contribution in [0.5, 0.6) is 0 Å². The number of anilines is 1. The van der Waals surface area contributed by atoms with Gasteiger partial charge in [0.15, 0.2) is 0 Å². The Kier molecular flexibility index (Phi) is 4.18. The average Bonchev–Trinajstić information content (AvgIpc) is 2.50. The van der Waals surface area contributed by atoms with E-state index in [1.54, 1.807) is 6.33 Å². The highest BCUT2D eigenvalue weighted by atomic mass is 35.5. The molecule has 0 aromatic carbocycles. The lowest BCUT2D eigenvalue weighted by Gasteiger charge is -2.31. The van der Waals surface area contributed by atoms with Crippen molar-refractivity contribution in [3.63, 3.8) is 0 Å². The fourth-order valence-electron chi connectivity index (χ4n) is 2.38. The van der Waals surface area contributed by atoms with Gasteiger partial charge in [-0.15, -0.1) is 0 Å². The van der Waals surface area contributed by atoms with Gasteiger partial charge >= 0.3 is 0 Å². The topological polar surface area (TPSA) is 32.3 Å². The molecule has 0 aliphatic carbocycles. The van der Waals surface area contributed by atoms with E-state index in [0.29, 0.717) is 11.2 Å². The second-order valence-electron chi connectivity index (χ2n) is 4.57. The van der Waals surface area contributed by atoms with Crippen LogP contribution >= 0.6 is 11.6 Å². The molecule has 0 radical (unpaired) electrons. The summed E-state index contributed by atoms with van der Waals surface area (Å²) in [5, 5.41) is 0.516. The summed E-state index contributed by atoms with van der Waals surface area (Å²) < 4.78 is 0. The molecule has 1 aromatic heterocycles. The van der Waals surface area contributed by atoms with Gasteiger partial charge in [0, 0.05) is 25.2 Å². The van der Waals surface area contributed by atoms with Crippen LogP contribution in [-0.2, 0) is 0 Å². The third-order valence-electron chi connectivity index (χ3n) is 3.29. The van der Waals surface area contributed by atoms with Gasteiger partial charge in [0.05, 0.1) is 0 Å². The number of hydrogen-bond acceptors (Lipinski definition) is 4. The van der Waals surface area contributed by atoms with Crippen molar-refractivity contribution < 1.29 is 0 Å². The number of halogens is 1. The first kappa shape index (κ1) is 12.6. The van der Waals surface area contributed by atoms with Crippen LogP contribution in [0.25, 0.3) is 0 Å². The summed E-state index contributed by atoms with van der Waals surface area (Å²) in [6.45, 7) is 5.49. The highest BCUT2D eigenvalue weighted by molar-refractivity contribution is 6.29. The molecule has 1 unspecified atom stereocenters. The molecule has 4 nitrogen and oxygen atoms in total. The van der Waals surface area contributed by atoms with Gasteiger partial charge in [0.25, 0.3) is 0 Å². The molecule has 1 aliphatic rings. The van der Waals surface area contributed by atoms with Crippen molar-refractivity contribution in [1.82, 2.24) is 14.9 Å². The van der Waals surface area contributed by atoms with Crippen LogP contribution < -0.4 is 4.90 Å². The standard InChI is InChI=1S/C12H19ClN4/c1-3-10-8-16(2)5-4-6-17(10)12-7-11(13)14-9-15-12/h7,9-10H,3-6,8H2,1-2H3. The monoisotopic (exact) mass is 254 g/mol. The van der Waals surface area contributed by atoms with Gasteiger partial charge < -0.3 is 9.80 Å². The molecule has 0 spiro atoms. The van der Waals surface area contributed by atoms with Crippen molar-refractivity contribution in [2.75, 3.05) is 31.6 Å². The largest absolute Gasteiger partial charge is 0.352 e. The Bertz CT molecular complexity index is 371. The summed E-state index contributed by atoms with van der Waals surface area (Å²) in [6, 6.07) is 2.36. The molecule has 1 aliphatic heterocycles. The third kappa shape index (κ3) is 3.07. The zero-order valence-electron chi connectivity index (χ0n) is 10.4.